The number of ether oxygens (including phenoxy) is 1. The lowest BCUT2D eigenvalue weighted by atomic mass is 10.1. The molecule has 2 amide bonds. The van der Waals surface area contributed by atoms with E-state index in [4.69, 9.17) is 4.74 Å². The Labute approximate surface area is 244 Å². The Morgan fingerprint density at radius 2 is 1.51 bits per heavy atom. The van der Waals surface area contributed by atoms with Gasteiger partial charge >= 0.3 is 0 Å². The van der Waals surface area contributed by atoms with Crippen molar-refractivity contribution in [2.75, 3.05) is 18.0 Å². The van der Waals surface area contributed by atoms with Crippen LogP contribution in [0, 0.1) is 20.8 Å². The molecule has 220 valence electrons. The molecule has 0 heterocycles. The second-order valence-corrected chi connectivity index (χ2v) is 12.3. The second kappa shape index (κ2) is 13.7. The van der Waals surface area contributed by atoms with Gasteiger partial charge in [-0.15, -0.1) is 0 Å². The van der Waals surface area contributed by atoms with Crippen molar-refractivity contribution in [1.82, 2.24) is 10.2 Å². The number of nitrogens with one attached hydrogen (secondary N) is 1. The van der Waals surface area contributed by atoms with E-state index in [0.717, 1.165) is 27.4 Å². The number of sulfonamides is 1. The number of hydrogen-bond donors (Lipinski definition) is 1. The van der Waals surface area contributed by atoms with Gasteiger partial charge in [0, 0.05) is 12.6 Å². The van der Waals surface area contributed by atoms with Crippen molar-refractivity contribution in [3.05, 3.63) is 89.0 Å². The Kier molecular flexibility index (Phi) is 10.6. The minimum absolute atomic E-state index is 0.0729. The van der Waals surface area contributed by atoms with E-state index in [2.05, 4.69) is 5.32 Å². The quantitative estimate of drug-likeness (QED) is 0.320. The summed E-state index contributed by atoms with van der Waals surface area (Å²) in [7, 11) is -2.55. The van der Waals surface area contributed by atoms with Gasteiger partial charge in [0.25, 0.3) is 10.0 Å². The Morgan fingerprint density at radius 3 is 2.10 bits per heavy atom. The molecule has 2 atom stereocenters. The Balaban J connectivity index is 2.06. The van der Waals surface area contributed by atoms with Crippen LogP contribution in [0.1, 0.15) is 49.4 Å². The van der Waals surface area contributed by atoms with Crippen LogP contribution in [-0.4, -0.2) is 50.9 Å². The Hall–Kier alpha value is -3.85. The van der Waals surface area contributed by atoms with Crippen molar-refractivity contribution in [3.8, 4) is 5.75 Å². The molecule has 3 aromatic carbocycles. The molecule has 2 unspecified atom stereocenters. The first-order valence-electron chi connectivity index (χ1n) is 13.8. The van der Waals surface area contributed by atoms with Gasteiger partial charge in [-0.2, -0.15) is 0 Å². The molecule has 0 saturated carbocycles. The molecule has 0 aliphatic carbocycles. The van der Waals surface area contributed by atoms with E-state index in [0.29, 0.717) is 17.0 Å². The van der Waals surface area contributed by atoms with E-state index >= 15 is 0 Å². The summed E-state index contributed by atoms with van der Waals surface area (Å²) < 4.78 is 34.5. The number of hydrogen-bond acceptors (Lipinski definition) is 5. The van der Waals surface area contributed by atoms with Crippen molar-refractivity contribution in [3.63, 3.8) is 0 Å². The molecular weight excluding hydrogens is 538 g/mol. The second-order valence-electron chi connectivity index (χ2n) is 10.5. The molecule has 41 heavy (non-hydrogen) atoms. The smallest absolute Gasteiger partial charge is 0.264 e. The maximum Gasteiger partial charge on any atom is 0.264 e. The maximum atomic E-state index is 14.1. The van der Waals surface area contributed by atoms with E-state index < -0.39 is 28.5 Å². The number of carbonyl (C=O) groups is 2. The SMILES string of the molecule is CCC(C)NC(=O)C(C)N(Cc1ccc(OC)cc1)C(=O)CN(c1cc(C)ccc1C)S(=O)(=O)c1ccc(C)cc1. The molecule has 0 radical (unpaired) electrons. The molecule has 1 N–H and O–H groups in total. The van der Waals surface area contributed by atoms with E-state index in [1.54, 1.807) is 56.5 Å². The first-order chi connectivity index (χ1) is 19.4. The van der Waals surface area contributed by atoms with Crippen LogP contribution in [0.4, 0.5) is 5.69 Å². The molecule has 0 aliphatic rings. The first-order valence-corrected chi connectivity index (χ1v) is 15.2. The van der Waals surface area contributed by atoms with Gasteiger partial charge in [0.1, 0.15) is 18.3 Å². The lowest BCUT2D eigenvalue weighted by molar-refractivity contribution is -0.139. The van der Waals surface area contributed by atoms with E-state index in [-0.39, 0.29) is 23.4 Å². The number of aryl methyl sites for hydroxylation is 3. The molecule has 3 aromatic rings. The molecule has 0 saturated heterocycles. The van der Waals surface area contributed by atoms with Crippen LogP contribution in [0.15, 0.2) is 71.6 Å². The summed E-state index contributed by atoms with van der Waals surface area (Å²) in [4.78, 5) is 28.8. The average Bonchev–Trinajstić information content (AvgIpc) is 2.95. The Bertz CT molecular complexity index is 1450. The minimum Gasteiger partial charge on any atom is -0.497 e. The van der Waals surface area contributed by atoms with Gasteiger partial charge in [-0.05, 0) is 88.1 Å². The van der Waals surface area contributed by atoms with Crippen molar-refractivity contribution < 1.29 is 22.7 Å². The predicted octanol–water partition coefficient (Wildman–Crippen LogP) is 5.15. The average molecular weight is 580 g/mol. The summed E-state index contributed by atoms with van der Waals surface area (Å²) in [5.74, 6) is -0.135. The fourth-order valence-electron chi connectivity index (χ4n) is 4.31. The molecule has 0 aliphatic heterocycles. The lowest BCUT2D eigenvalue weighted by Crippen LogP contribution is -2.52. The van der Waals surface area contributed by atoms with Crippen molar-refractivity contribution in [1.29, 1.82) is 0 Å². The van der Waals surface area contributed by atoms with Crippen LogP contribution in [0.3, 0.4) is 0 Å². The highest BCUT2D eigenvalue weighted by Crippen LogP contribution is 2.29. The van der Waals surface area contributed by atoms with Crippen LogP contribution in [0.5, 0.6) is 5.75 Å². The number of rotatable bonds is 12. The van der Waals surface area contributed by atoms with Crippen LogP contribution in [-0.2, 0) is 26.2 Å². The van der Waals surface area contributed by atoms with E-state index in [1.165, 1.54) is 4.90 Å². The third kappa shape index (κ3) is 7.88. The van der Waals surface area contributed by atoms with Gasteiger partial charge in [-0.1, -0.05) is 48.9 Å². The monoisotopic (exact) mass is 579 g/mol. The number of carbonyl (C=O) groups excluding carboxylic acids is 2. The van der Waals surface area contributed by atoms with Crippen LogP contribution in [0.2, 0.25) is 0 Å². The maximum absolute atomic E-state index is 14.1. The van der Waals surface area contributed by atoms with Crippen molar-refractivity contribution >= 4 is 27.5 Å². The molecule has 0 fully saturated rings. The highest BCUT2D eigenvalue weighted by molar-refractivity contribution is 7.92. The summed E-state index contributed by atoms with van der Waals surface area (Å²) in [5, 5.41) is 2.95. The van der Waals surface area contributed by atoms with Gasteiger partial charge in [-0.3, -0.25) is 13.9 Å². The summed E-state index contributed by atoms with van der Waals surface area (Å²) in [5.41, 5.74) is 3.69. The van der Waals surface area contributed by atoms with Gasteiger partial charge in [-0.25, -0.2) is 8.42 Å². The summed E-state index contributed by atoms with van der Waals surface area (Å²) >= 11 is 0. The van der Waals surface area contributed by atoms with Gasteiger partial charge in [0.2, 0.25) is 11.8 Å². The normalized spacial score (nSPS) is 12.8. The summed E-state index contributed by atoms with van der Waals surface area (Å²) in [6.45, 7) is 10.7. The number of anilines is 1. The molecule has 0 spiro atoms. The van der Waals surface area contributed by atoms with Crippen LogP contribution in [0.25, 0.3) is 0 Å². The molecule has 8 nitrogen and oxygen atoms in total. The fourth-order valence-corrected chi connectivity index (χ4v) is 5.79. The summed E-state index contributed by atoms with van der Waals surface area (Å²) in [6, 6.07) is 18.3. The zero-order valence-electron chi connectivity index (χ0n) is 25.0. The highest BCUT2D eigenvalue weighted by Gasteiger charge is 2.33. The molecule has 9 heteroatoms. The topological polar surface area (TPSA) is 96.0 Å². The molecule has 0 bridgehead atoms. The lowest BCUT2D eigenvalue weighted by Gasteiger charge is -2.33. The van der Waals surface area contributed by atoms with E-state index in [1.807, 2.05) is 58.9 Å². The van der Waals surface area contributed by atoms with Gasteiger partial charge < -0.3 is 15.0 Å². The van der Waals surface area contributed by atoms with Gasteiger partial charge in [0.05, 0.1) is 17.7 Å². The molecular formula is C32H41N3O5S. The molecule has 0 aromatic heterocycles. The van der Waals surface area contributed by atoms with Gasteiger partial charge in [0.15, 0.2) is 0 Å². The largest absolute Gasteiger partial charge is 0.497 e. The third-order valence-electron chi connectivity index (χ3n) is 7.20. The zero-order valence-corrected chi connectivity index (χ0v) is 25.8. The predicted molar refractivity (Wildman–Crippen MR) is 163 cm³/mol. The summed E-state index contributed by atoms with van der Waals surface area (Å²) in [6.07, 6.45) is 0.736. The van der Waals surface area contributed by atoms with Crippen molar-refractivity contribution in [2.45, 2.75) is 71.5 Å². The fraction of sp³-hybridized carbons (Fsp3) is 0.375. The van der Waals surface area contributed by atoms with Crippen LogP contribution < -0.4 is 14.4 Å². The Morgan fingerprint density at radius 1 is 0.902 bits per heavy atom. The third-order valence-corrected chi connectivity index (χ3v) is 8.98. The van der Waals surface area contributed by atoms with E-state index in [9.17, 15) is 18.0 Å². The highest BCUT2D eigenvalue weighted by atomic mass is 32.2. The number of amides is 2. The standard InChI is InChI=1S/C32H41N3O5S/c1-8-25(5)33-32(37)26(6)34(20-27-13-15-28(40-7)16-14-27)31(36)21-35(30-19-23(3)9-12-24(30)4)41(38,39)29-17-10-22(2)11-18-29/h9-19,25-26H,8,20-21H2,1-7H3,(H,33,37). The zero-order chi connectivity index (χ0) is 30.3. The number of nitrogens with zero attached hydrogens (tertiary/aromatic N) is 2. The van der Waals surface area contributed by atoms with Crippen LogP contribution >= 0.6 is 0 Å². The first kappa shape index (κ1) is 31.7. The number of benzene rings is 3. The minimum atomic E-state index is -4.12. The molecule has 3 rings (SSSR count). The number of methoxy groups -OCH3 is 1. The van der Waals surface area contributed by atoms with Crippen molar-refractivity contribution in [2.24, 2.45) is 0 Å².